The molecule has 1 aromatic carbocycles. The van der Waals surface area contributed by atoms with Gasteiger partial charge in [-0.05, 0) is 35.7 Å². The van der Waals surface area contributed by atoms with E-state index in [-0.39, 0.29) is 11.3 Å². The predicted molar refractivity (Wildman–Crippen MR) is 79.6 cm³/mol. The Morgan fingerprint density at radius 3 is 2.45 bits per heavy atom. The smallest absolute Gasteiger partial charge is 0.241 e. The van der Waals surface area contributed by atoms with E-state index in [4.69, 9.17) is 5.73 Å². The lowest BCUT2D eigenvalue weighted by Crippen LogP contribution is -2.45. The van der Waals surface area contributed by atoms with Gasteiger partial charge in [0.1, 0.15) is 0 Å². The van der Waals surface area contributed by atoms with Gasteiger partial charge in [-0.3, -0.25) is 4.79 Å². The predicted octanol–water partition coefficient (Wildman–Crippen LogP) is 2.18. The van der Waals surface area contributed by atoms with Gasteiger partial charge in [0.05, 0.1) is 11.7 Å². The third-order valence-corrected chi connectivity index (χ3v) is 3.12. The first-order chi connectivity index (χ1) is 9.38. The standard InChI is InChI=1S/C15H20N4O/c1-15(2,3)13(16)14(20)18-11-5-7-12(8-6-11)19-10-4-9-17-19/h4-10,13H,16H2,1-3H3,(H,18,20)/t13-/m0/s1. The van der Waals surface area contributed by atoms with Crippen LogP contribution in [0.5, 0.6) is 0 Å². The Morgan fingerprint density at radius 1 is 1.30 bits per heavy atom. The third kappa shape index (κ3) is 3.24. The quantitative estimate of drug-likeness (QED) is 0.899. The average Bonchev–Trinajstić information content (AvgIpc) is 2.91. The highest BCUT2D eigenvalue weighted by atomic mass is 16.2. The first-order valence-corrected chi connectivity index (χ1v) is 6.54. The Labute approximate surface area is 118 Å². The maximum atomic E-state index is 12.0. The molecule has 0 radical (unpaired) electrons. The summed E-state index contributed by atoms with van der Waals surface area (Å²) in [5.74, 6) is -0.177. The minimum absolute atomic E-state index is 0.177. The number of carbonyl (C=O) groups is 1. The summed E-state index contributed by atoms with van der Waals surface area (Å²) in [6.07, 6.45) is 3.58. The van der Waals surface area contributed by atoms with Gasteiger partial charge in [-0.1, -0.05) is 20.8 Å². The zero-order chi connectivity index (χ0) is 14.8. The van der Waals surface area contributed by atoms with Crippen LogP contribution in [-0.2, 0) is 4.79 Å². The van der Waals surface area contributed by atoms with E-state index in [1.807, 2.05) is 57.3 Å². The molecule has 5 nitrogen and oxygen atoms in total. The monoisotopic (exact) mass is 272 g/mol. The Hall–Kier alpha value is -2.14. The SMILES string of the molecule is CC(C)(C)[C@@H](N)C(=O)Nc1ccc(-n2cccn2)cc1. The molecule has 0 aliphatic heterocycles. The van der Waals surface area contributed by atoms with E-state index in [1.54, 1.807) is 10.9 Å². The summed E-state index contributed by atoms with van der Waals surface area (Å²) >= 11 is 0. The zero-order valence-corrected chi connectivity index (χ0v) is 12.0. The second kappa shape index (κ2) is 5.46. The van der Waals surface area contributed by atoms with Crippen LogP contribution in [0.25, 0.3) is 5.69 Å². The van der Waals surface area contributed by atoms with Crippen molar-refractivity contribution in [3.05, 3.63) is 42.7 Å². The molecule has 0 saturated heterocycles. The molecular formula is C15H20N4O. The molecule has 106 valence electrons. The highest BCUT2D eigenvalue weighted by Crippen LogP contribution is 2.19. The van der Waals surface area contributed by atoms with Gasteiger partial charge in [0, 0.05) is 18.1 Å². The lowest BCUT2D eigenvalue weighted by Gasteiger charge is -2.25. The molecule has 0 aliphatic rings. The Bertz CT molecular complexity index is 567. The van der Waals surface area contributed by atoms with Crippen LogP contribution in [0, 0.1) is 5.41 Å². The Balaban J connectivity index is 2.06. The van der Waals surface area contributed by atoms with Crippen molar-refractivity contribution in [1.29, 1.82) is 0 Å². The van der Waals surface area contributed by atoms with Crippen molar-refractivity contribution < 1.29 is 4.79 Å². The summed E-state index contributed by atoms with van der Waals surface area (Å²) in [6.45, 7) is 5.83. The van der Waals surface area contributed by atoms with Crippen molar-refractivity contribution in [3.8, 4) is 5.69 Å². The van der Waals surface area contributed by atoms with Crippen LogP contribution in [0.3, 0.4) is 0 Å². The summed E-state index contributed by atoms with van der Waals surface area (Å²) in [7, 11) is 0. The van der Waals surface area contributed by atoms with Crippen molar-refractivity contribution in [1.82, 2.24) is 9.78 Å². The van der Waals surface area contributed by atoms with Gasteiger partial charge >= 0.3 is 0 Å². The normalized spacial score (nSPS) is 13.0. The molecule has 3 N–H and O–H groups in total. The number of amides is 1. The zero-order valence-electron chi connectivity index (χ0n) is 12.0. The highest BCUT2D eigenvalue weighted by Gasteiger charge is 2.27. The molecule has 1 aromatic heterocycles. The van der Waals surface area contributed by atoms with E-state index < -0.39 is 6.04 Å². The molecule has 20 heavy (non-hydrogen) atoms. The lowest BCUT2D eigenvalue weighted by molar-refractivity contribution is -0.119. The molecule has 1 atom stereocenters. The first kappa shape index (κ1) is 14.3. The summed E-state index contributed by atoms with van der Waals surface area (Å²) in [5, 5.41) is 6.97. The fraction of sp³-hybridized carbons (Fsp3) is 0.333. The molecule has 0 saturated carbocycles. The van der Waals surface area contributed by atoms with E-state index in [9.17, 15) is 4.79 Å². The number of nitrogens with zero attached hydrogens (tertiary/aromatic N) is 2. The molecule has 1 heterocycles. The van der Waals surface area contributed by atoms with Crippen LogP contribution in [0.15, 0.2) is 42.7 Å². The van der Waals surface area contributed by atoms with Crippen molar-refractivity contribution in [2.45, 2.75) is 26.8 Å². The van der Waals surface area contributed by atoms with Crippen LogP contribution < -0.4 is 11.1 Å². The molecule has 0 fully saturated rings. The maximum Gasteiger partial charge on any atom is 0.241 e. The molecule has 1 amide bonds. The summed E-state index contributed by atoms with van der Waals surface area (Å²) < 4.78 is 1.76. The number of benzene rings is 1. The van der Waals surface area contributed by atoms with Gasteiger partial charge in [-0.25, -0.2) is 4.68 Å². The highest BCUT2D eigenvalue weighted by molar-refractivity contribution is 5.95. The molecule has 5 heteroatoms. The van der Waals surface area contributed by atoms with Crippen molar-refractivity contribution >= 4 is 11.6 Å². The van der Waals surface area contributed by atoms with E-state index in [1.165, 1.54) is 0 Å². The van der Waals surface area contributed by atoms with Crippen LogP contribution >= 0.6 is 0 Å². The topological polar surface area (TPSA) is 72.9 Å². The van der Waals surface area contributed by atoms with E-state index in [2.05, 4.69) is 10.4 Å². The van der Waals surface area contributed by atoms with Crippen molar-refractivity contribution in [2.24, 2.45) is 11.1 Å². The molecule has 0 unspecified atom stereocenters. The second-order valence-corrected chi connectivity index (χ2v) is 5.83. The number of hydrogen-bond acceptors (Lipinski definition) is 3. The summed E-state index contributed by atoms with van der Waals surface area (Å²) in [4.78, 5) is 12.0. The van der Waals surface area contributed by atoms with Crippen LogP contribution in [0.1, 0.15) is 20.8 Å². The van der Waals surface area contributed by atoms with Crippen LogP contribution in [-0.4, -0.2) is 21.7 Å². The molecule has 2 aromatic rings. The first-order valence-electron chi connectivity index (χ1n) is 6.54. The van der Waals surface area contributed by atoms with Gasteiger partial charge in [0.15, 0.2) is 0 Å². The fourth-order valence-electron chi connectivity index (χ4n) is 1.73. The number of nitrogens with one attached hydrogen (secondary N) is 1. The molecule has 0 bridgehead atoms. The second-order valence-electron chi connectivity index (χ2n) is 5.83. The fourth-order valence-corrected chi connectivity index (χ4v) is 1.73. The Morgan fingerprint density at radius 2 is 1.95 bits per heavy atom. The van der Waals surface area contributed by atoms with Crippen molar-refractivity contribution in [3.63, 3.8) is 0 Å². The lowest BCUT2D eigenvalue weighted by atomic mass is 9.87. The van der Waals surface area contributed by atoms with Crippen molar-refractivity contribution in [2.75, 3.05) is 5.32 Å². The molecule has 0 spiro atoms. The van der Waals surface area contributed by atoms with Gasteiger partial charge in [0.2, 0.25) is 5.91 Å². The maximum absolute atomic E-state index is 12.0. The number of aromatic nitrogens is 2. The molecular weight excluding hydrogens is 252 g/mol. The molecule has 2 rings (SSSR count). The van der Waals surface area contributed by atoms with Crippen LogP contribution in [0.4, 0.5) is 5.69 Å². The number of nitrogens with two attached hydrogens (primary N) is 1. The minimum atomic E-state index is -0.548. The van der Waals surface area contributed by atoms with Gasteiger partial charge in [-0.2, -0.15) is 5.10 Å². The third-order valence-electron chi connectivity index (χ3n) is 3.12. The number of carbonyl (C=O) groups excluding carboxylic acids is 1. The molecule has 0 aliphatic carbocycles. The van der Waals surface area contributed by atoms with E-state index >= 15 is 0 Å². The average molecular weight is 272 g/mol. The summed E-state index contributed by atoms with van der Waals surface area (Å²) in [5.41, 5.74) is 7.32. The Kier molecular flexibility index (Phi) is 3.90. The largest absolute Gasteiger partial charge is 0.325 e. The number of hydrogen-bond donors (Lipinski definition) is 2. The summed E-state index contributed by atoms with van der Waals surface area (Å²) in [6, 6.07) is 8.77. The van der Waals surface area contributed by atoms with Crippen LogP contribution in [0.2, 0.25) is 0 Å². The van der Waals surface area contributed by atoms with Gasteiger partial charge in [-0.15, -0.1) is 0 Å². The van der Waals surface area contributed by atoms with E-state index in [0.717, 1.165) is 11.4 Å². The van der Waals surface area contributed by atoms with Gasteiger partial charge in [0.25, 0.3) is 0 Å². The van der Waals surface area contributed by atoms with E-state index in [0.29, 0.717) is 0 Å². The number of rotatable bonds is 3. The van der Waals surface area contributed by atoms with Gasteiger partial charge < -0.3 is 11.1 Å². The number of anilines is 1. The minimum Gasteiger partial charge on any atom is -0.325 e.